The normalized spacial score (nSPS) is 18.1. The lowest BCUT2D eigenvalue weighted by atomic mass is 9.81. The van der Waals surface area contributed by atoms with Gasteiger partial charge < -0.3 is 5.11 Å². The zero-order valence-electron chi connectivity index (χ0n) is 12.9. The number of likely N-dealkylation sites (tertiary alicyclic amines) is 1. The fourth-order valence-electron chi connectivity index (χ4n) is 3.64. The molecule has 1 heterocycles. The first kappa shape index (κ1) is 16.7. The quantitative estimate of drug-likeness (QED) is 0.857. The predicted octanol–water partition coefficient (Wildman–Crippen LogP) is 4.04. The summed E-state index contributed by atoms with van der Waals surface area (Å²) in [7, 11) is 0. The molecule has 1 atom stereocenters. The molecule has 0 radical (unpaired) electrons. The highest BCUT2D eigenvalue weighted by molar-refractivity contribution is 6.30. The van der Waals surface area contributed by atoms with Gasteiger partial charge in [0.05, 0.1) is 6.10 Å². The van der Waals surface area contributed by atoms with Gasteiger partial charge in [-0.3, -0.25) is 4.90 Å². The molecule has 1 aliphatic heterocycles. The molecule has 0 amide bonds. The number of aliphatic hydroxyl groups excluding tert-OH is 1. The predicted molar refractivity (Wildman–Crippen MR) is 85.2 cm³/mol. The van der Waals surface area contributed by atoms with Gasteiger partial charge in [0.1, 0.15) is 5.82 Å². The van der Waals surface area contributed by atoms with Crippen molar-refractivity contribution in [3.63, 3.8) is 0 Å². The summed E-state index contributed by atoms with van der Waals surface area (Å²) >= 11 is 5.95. The van der Waals surface area contributed by atoms with Crippen molar-refractivity contribution in [3.8, 4) is 0 Å². The van der Waals surface area contributed by atoms with E-state index in [1.807, 2.05) is 0 Å². The summed E-state index contributed by atoms with van der Waals surface area (Å²) in [5, 5.41) is 11.3. The molecule has 1 aromatic rings. The van der Waals surface area contributed by atoms with Crippen molar-refractivity contribution in [2.24, 2.45) is 0 Å². The third-order valence-electron chi connectivity index (χ3n) is 5.00. The highest BCUT2D eigenvalue weighted by Crippen LogP contribution is 2.33. The lowest BCUT2D eigenvalue weighted by molar-refractivity contribution is -0.0273. The van der Waals surface area contributed by atoms with Crippen LogP contribution in [0.1, 0.15) is 45.1 Å². The van der Waals surface area contributed by atoms with Gasteiger partial charge in [-0.05, 0) is 62.5 Å². The number of hydrogen-bond donors (Lipinski definition) is 1. The van der Waals surface area contributed by atoms with Crippen LogP contribution < -0.4 is 0 Å². The third-order valence-corrected chi connectivity index (χ3v) is 5.24. The fourth-order valence-corrected chi connectivity index (χ4v) is 3.83. The van der Waals surface area contributed by atoms with E-state index in [4.69, 9.17) is 11.6 Å². The van der Waals surface area contributed by atoms with Gasteiger partial charge in [0.25, 0.3) is 0 Å². The molecular formula is C17H25ClFNO. The van der Waals surface area contributed by atoms with E-state index in [9.17, 15) is 9.50 Å². The lowest BCUT2D eigenvalue weighted by Crippen LogP contribution is -2.55. The summed E-state index contributed by atoms with van der Waals surface area (Å²) in [5.41, 5.74) is 0.242. The van der Waals surface area contributed by atoms with Gasteiger partial charge in [0, 0.05) is 17.0 Å². The zero-order valence-corrected chi connectivity index (χ0v) is 13.7. The maximum atomic E-state index is 13.9. The molecule has 1 unspecified atom stereocenters. The molecule has 0 aliphatic carbocycles. The van der Waals surface area contributed by atoms with Crippen LogP contribution in [0.5, 0.6) is 0 Å². The van der Waals surface area contributed by atoms with Crippen molar-refractivity contribution < 1.29 is 9.50 Å². The minimum Gasteiger partial charge on any atom is -0.391 e. The van der Waals surface area contributed by atoms with E-state index in [0.717, 1.165) is 25.9 Å². The van der Waals surface area contributed by atoms with Crippen LogP contribution in [0.3, 0.4) is 0 Å². The molecule has 1 fully saturated rings. The van der Waals surface area contributed by atoms with Crippen LogP contribution in [0.2, 0.25) is 5.02 Å². The van der Waals surface area contributed by atoms with Crippen molar-refractivity contribution in [1.82, 2.24) is 4.90 Å². The van der Waals surface area contributed by atoms with Crippen LogP contribution in [0, 0.1) is 5.82 Å². The fraction of sp³-hybridized carbons (Fsp3) is 0.647. The van der Waals surface area contributed by atoms with Gasteiger partial charge >= 0.3 is 0 Å². The molecule has 0 saturated carbocycles. The topological polar surface area (TPSA) is 23.5 Å². The average Bonchev–Trinajstić information content (AvgIpc) is 2.99. The summed E-state index contributed by atoms with van der Waals surface area (Å²) in [4.78, 5) is 2.39. The first-order valence-corrected chi connectivity index (χ1v) is 8.28. The maximum Gasteiger partial charge on any atom is 0.126 e. The van der Waals surface area contributed by atoms with Crippen molar-refractivity contribution in [2.75, 3.05) is 13.1 Å². The van der Waals surface area contributed by atoms with Crippen molar-refractivity contribution in [2.45, 2.75) is 57.6 Å². The highest BCUT2D eigenvalue weighted by Gasteiger charge is 2.41. The van der Waals surface area contributed by atoms with Crippen LogP contribution in [0.4, 0.5) is 4.39 Å². The first-order chi connectivity index (χ1) is 10.0. The molecule has 1 aromatic carbocycles. The summed E-state index contributed by atoms with van der Waals surface area (Å²) in [5.74, 6) is -0.291. The van der Waals surface area contributed by atoms with Gasteiger partial charge in [-0.25, -0.2) is 4.39 Å². The number of nitrogens with zero attached hydrogens (tertiary/aromatic N) is 1. The summed E-state index contributed by atoms with van der Waals surface area (Å²) in [6.07, 6.45) is 3.82. The summed E-state index contributed by atoms with van der Waals surface area (Å²) in [6.45, 7) is 6.27. The minimum atomic E-state index is -0.585. The second-order valence-electron chi connectivity index (χ2n) is 5.96. The Morgan fingerprint density at radius 1 is 1.29 bits per heavy atom. The van der Waals surface area contributed by atoms with Gasteiger partial charge in [-0.15, -0.1) is 0 Å². The number of benzene rings is 1. The van der Waals surface area contributed by atoms with E-state index in [0.29, 0.717) is 17.0 Å². The second kappa shape index (κ2) is 7.08. The Morgan fingerprint density at radius 3 is 2.48 bits per heavy atom. The Kier molecular flexibility index (Phi) is 5.64. The van der Waals surface area contributed by atoms with Gasteiger partial charge in [-0.2, -0.15) is 0 Å². The van der Waals surface area contributed by atoms with E-state index < -0.39 is 6.10 Å². The van der Waals surface area contributed by atoms with Gasteiger partial charge in [-0.1, -0.05) is 25.4 Å². The molecule has 118 valence electrons. The molecule has 1 aliphatic rings. The van der Waals surface area contributed by atoms with Crippen LogP contribution >= 0.6 is 11.6 Å². The van der Waals surface area contributed by atoms with Gasteiger partial charge in [0.15, 0.2) is 0 Å². The maximum absolute atomic E-state index is 13.9. The van der Waals surface area contributed by atoms with Crippen molar-refractivity contribution in [3.05, 3.63) is 34.6 Å². The van der Waals surface area contributed by atoms with Crippen molar-refractivity contribution >= 4 is 11.6 Å². The number of aliphatic hydroxyl groups is 1. The van der Waals surface area contributed by atoms with Crippen LogP contribution in [-0.2, 0) is 6.42 Å². The zero-order chi connectivity index (χ0) is 15.5. The Balaban J connectivity index is 2.22. The largest absolute Gasteiger partial charge is 0.391 e. The van der Waals surface area contributed by atoms with E-state index in [2.05, 4.69) is 18.7 Å². The Morgan fingerprint density at radius 2 is 1.90 bits per heavy atom. The monoisotopic (exact) mass is 313 g/mol. The van der Waals surface area contributed by atoms with Gasteiger partial charge in [0.2, 0.25) is 0 Å². The van der Waals surface area contributed by atoms with E-state index >= 15 is 0 Å². The molecule has 0 aromatic heterocycles. The Hall–Kier alpha value is -0.640. The number of hydrogen-bond acceptors (Lipinski definition) is 2. The Labute approximate surface area is 131 Å². The highest BCUT2D eigenvalue weighted by atomic mass is 35.5. The van der Waals surface area contributed by atoms with E-state index in [1.165, 1.54) is 18.9 Å². The lowest BCUT2D eigenvalue weighted by Gasteiger charge is -2.44. The standard InChI is InChI=1S/C17H25ClFNO/c1-3-17(4-2,20-9-5-6-10-20)16(21)12-13-11-14(18)7-8-15(13)19/h7-8,11,16,21H,3-6,9-10,12H2,1-2H3. The molecule has 1 N–H and O–H groups in total. The van der Waals surface area contributed by atoms with Crippen LogP contribution in [-0.4, -0.2) is 34.7 Å². The Bertz CT molecular complexity index is 470. The molecule has 0 spiro atoms. The molecule has 21 heavy (non-hydrogen) atoms. The van der Waals surface area contributed by atoms with Crippen LogP contribution in [0.15, 0.2) is 18.2 Å². The first-order valence-electron chi connectivity index (χ1n) is 7.90. The molecule has 1 saturated heterocycles. The molecular weight excluding hydrogens is 289 g/mol. The molecule has 0 bridgehead atoms. The van der Waals surface area contributed by atoms with E-state index in [1.54, 1.807) is 12.1 Å². The summed E-state index contributed by atoms with van der Waals surface area (Å²) < 4.78 is 13.9. The summed E-state index contributed by atoms with van der Waals surface area (Å²) in [6, 6.07) is 4.54. The molecule has 2 nitrogen and oxygen atoms in total. The van der Waals surface area contributed by atoms with E-state index in [-0.39, 0.29) is 11.4 Å². The molecule has 4 heteroatoms. The minimum absolute atomic E-state index is 0.259. The number of halogens is 2. The van der Waals surface area contributed by atoms with Crippen molar-refractivity contribution in [1.29, 1.82) is 0 Å². The third kappa shape index (κ3) is 3.41. The van der Waals surface area contributed by atoms with Crippen LogP contribution in [0.25, 0.3) is 0 Å². The smallest absolute Gasteiger partial charge is 0.126 e. The second-order valence-corrected chi connectivity index (χ2v) is 6.40. The molecule has 2 rings (SSSR count). The SMILES string of the molecule is CCC(CC)(C(O)Cc1cc(Cl)ccc1F)N1CCCC1. The average molecular weight is 314 g/mol. The number of rotatable bonds is 6.